The van der Waals surface area contributed by atoms with Crippen molar-refractivity contribution >= 4 is 17.6 Å². The summed E-state index contributed by atoms with van der Waals surface area (Å²) in [6.45, 7) is 3.53. The van der Waals surface area contributed by atoms with Gasteiger partial charge in [-0.15, -0.1) is 0 Å². The minimum absolute atomic E-state index is 0.0449. The van der Waals surface area contributed by atoms with Gasteiger partial charge in [0, 0.05) is 12.1 Å². The molecule has 0 saturated heterocycles. The number of halogens is 2. The van der Waals surface area contributed by atoms with Crippen molar-refractivity contribution in [2.45, 2.75) is 25.9 Å². The van der Waals surface area contributed by atoms with E-state index < -0.39 is 35.7 Å². The van der Waals surface area contributed by atoms with E-state index in [2.05, 4.69) is 5.32 Å². The van der Waals surface area contributed by atoms with Gasteiger partial charge in [0.25, 0.3) is 0 Å². The molecule has 1 aliphatic rings. The Labute approximate surface area is 167 Å². The zero-order valence-corrected chi connectivity index (χ0v) is 16.1. The Morgan fingerprint density at radius 3 is 2.45 bits per heavy atom. The van der Waals surface area contributed by atoms with E-state index >= 15 is 0 Å². The summed E-state index contributed by atoms with van der Waals surface area (Å²) >= 11 is 0. The lowest BCUT2D eigenvalue weighted by Crippen LogP contribution is -2.51. The number of carbonyl (C=O) groups excluding carboxylic acids is 1. The van der Waals surface area contributed by atoms with E-state index in [1.54, 1.807) is 19.9 Å². The molecule has 1 aliphatic heterocycles. The summed E-state index contributed by atoms with van der Waals surface area (Å²) in [5.74, 6) is -1.86. The lowest BCUT2D eigenvalue weighted by atomic mass is 10.0. The standard InChI is InChI=1S/C22H22F2N2O3/c1-13(2)20(25-22(28)29)21(27)26-12-15(17-11-16(23)8-9-18(17)24)10-19(26)14-6-4-3-5-7-14/h3-11,13,19-20,25H,12H2,1-2H3,(H,28,29)/t19-,20-/m0/s1. The monoisotopic (exact) mass is 400 g/mol. The molecule has 0 unspecified atom stereocenters. The highest BCUT2D eigenvalue weighted by atomic mass is 19.1. The zero-order valence-electron chi connectivity index (χ0n) is 16.1. The number of carboxylic acid groups (broad SMARTS) is 1. The van der Waals surface area contributed by atoms with Crippen molar-refractivity contribution in [2.24, 2.45) is 5.92 Å². The van der Waals surface area contributed by atoms with Gasteiger partial charge in [0.05, 0.1) is 6.04 Å². The topological polar surface area (TPSA) is 69.6 Å². The highest BCUT2D eigenvalue weighted by molar-refractivity contribution is 5.89. The normalized spacial score (nSPS) is 17.2. The van der Waals surface area contributed by atoms with Crippen LogP contribution in [-0.2, 0) is 4.79 Å². The van der Waals surface area contributed by atoms with Crippen LogP contribution in [0.25, 0.3) is 5.57 Å². The molecule has 3 rings (SSSR count). The molecule has 2 aromatic carbocycles. The molecule has 29 heavy (non-hydrogen) atoms. The van der Waals surface area contributed by atoms with Crippen LogP contribution >= 0.6 is 0 Å². The van der Waals surface area contributed by atoms with Gasteiger partial charge < -0.3 is 15.3 Å². The molecule has 5 nitrogen and oxygen atoms in total. The molecule has 0 aromatic heterocycles. The molecule has 2 atom stereocenters. The lowest BCUT2D eigenvalue weighted by molar-refractivity contribution is -0.134. The van der Waals surface area contributed by atoms with Crippen LogP contribution in [0.3, 0.4) is 0 Å². The number of rotatable bonds is 5. The number of benzene rings is 2. The van der Waals surface area contributed by atoms with Crippen LogP contribution in [0.15, 0.2) is 54.6 Å². The Hall–Kier alpha value is -3.22. The van der Waals surface area contributed by atoms with E-state index in [1.165, 1.54) is 4.90 Å². The van der Waals surface area contributed by atoms with Crippen LogP contribution in [0.4, 0.5) is 13.6 Å². The Balaban J connectivity index is 2.01. The summed E-state index contributed by atoms with van der Waals surface area (Å²) in [5.41, 5.74) is 1.36. The molecular weight excluding hydrogens is 378 g/mol. The van der Waals surface area contributed by atoms with Crippen LogP contribution in [0.1, 0.15) is 31.0 Å². The molecule has 0 bridgehead atoms. The van der Waals surface area contributed by atoms with Crippen molar-refractivity contribution < 1.29 is 23.5 Å². The van der Waals surface area contributed by atoms with Gasteiger partial charge in [0.15, 0.2) is 0 Å². The van der Waals surface area contributed by atoms with Crippen LogP contribution in [0.5, 0.6) is 0 Å². The lowest BCUT2D eigenvalue weighted by Gasteiger charge is -2.31. The third-order valence-corrected chi connectivity index (χ3v) is 4.95. The number of amides is 2. The number of hydrogen-bond acceptors (Lipinski definition) is 2. The summed E-state index contributed by atoms with van der Waals surface area (Å²) in [6, 6.07) is 10.9. The van der Waals surface area contributed by atoms with Crippen molar-refractivity contribution in [3.63, 3.8) is 0 Å². The highest BCUT2D eigenvalue weighted by Gasteiger charge is 2.36. The van der Waals surface area contributed by atoms with Gasteiger partial charge in [-0.2, -0.15) is 0 Å². The van der Waals surface area contributed by atoms with Crippen LogP contribution in [0.2, 0.25) is 0 Å². The van der Waals surface area contributed by atoms with Gasteiger partial charge in [-0.25, -0.2) is 13.6 Å². The highest BCUT2D eigenvalue weighted by Crippen LogP contribution is 2.36. The molecule has 1 heterocycles. The summed E-state index contributed by atoms with van der Waals surface area (Å²) in [4.78, 5) is 25.9. The smallest absolute Gasteiger partial charge is 0.405 e. The zero-order chi connectivity index (χ0) is 21.1. The third-order valence-electron chi connectivity index (χ3n) is 4.95. The first kappa shape index (κ1) is 20.5. The van der Waals surface area contributed by atoms with Crippen molar-refractivity contribution in [1.82, 2.24) is 10.2 Å². The van der Waals surface area contributed by atoms with Gasteiger partial charge in [-0.3, -0.25) is 4.79 Å². The van der Waals surface area contributed by atoms with Crippen LogP contribution in [0, 0.1) is 17.6 Å². The summed E-state index contributed by atoms with van der Waals surface area (Å²) in [6.07, 6.45) is 0.431. The first-order valence-electron chi connectivity index (χ1n) is 9.29. The molecule has 2 N–H and O–H groups in total. The molecule has 152 valence electrons. The minimum atomic E-state index is -1.29. The van der Waals surface area contributed by atoms with E-state index in [4.69, 9.17) is 5.11 Å². The van der Waals surface area contributed by atoms with E-state index in [0.717, 1.165) is 23.8 Å². The first-order chi connectivity index (χ1) is 13.8. The quantitative estimate of drug-likeness (QED) is 0.789. The number of carbonyl (C=O) groups is 2. The Bertz CT molecular complexity index is 944. The van der Waals surface area contributed by atoms with Gasteiger partial charge in [0.1, 0.15) is 17.7 Å². The molecule has 0 spiro atoms. The molecule has 0 fully saturated rings. The first-order valence-corrected chi connectivity index (χ1v) is 9.29. The average Bonchev–Trinajstić information content (AvgIpc) is 3.13. The second-order valence-corrected chi connectivity index (χ2v) is 7.31. The fourth-order valence-electron chi connectivity index (χ4n) is 3.50. The molecule has 0 radical (unpaired) electrons. The van der Waals surface area contributed by atoms with Crippen molar-refractivity contribution in [3.8, 4) is 0 Å². The average molecular weight is 400 g/mol. The third kappa shape index (κ3) is 4.45. The van der Waals surface area contributed by atoms with Crippen LogP contribution < -0.4 is 5.32 Å². The van der Waals surface area contributed by atoms with E-state index in [9.17, 15) is 18.4 Å². The van der Waals surface area contributed by atoms with Gasteiger partial charge in [-0.05, 0) is 35.3 Å². The van der Waals surface area contributed by atoms with Gasteiger partial charge >= 0.3 is 6.09 Å². The predicted octanol–water partition coefficient (Wildman–Crippen LogP) is 4.22. The molecule has 2 aromatic rings. The fourth-order valence-corrected chi connectivity index (χ4v) is 3.50. The van der Waals surface area contributed by atoms with Crippen molar-refractivity contribution in [3.05, 3.63) is 77.4 Å². The van der Waals surface area contributed by atoms with E-state index in [-0.39, 0.29) is 18.0 Å². The summed E-state index contributed by atoms with van der Waals surface area (Å²) in [5, 5.41) is 11.4. The van der Waals surface area contributed by atoms with Crippen molar-refractivity contribution in [2.75, 3.05) is 6.54 Å². The molecule has 2 amide bonds. The Morgan fingerprint density at radius 2 is 1.83 bits per heavy atom. The molecule has 0 aliphatic carbocycles. The second-order valence-electron chi connectivity index (χ2n) is 7.31. The summed E-state index contributed by atoms with van der Waals surface area (Å²) < 4.78 is 28.0. The number of nitrogens with zero attached hydrogens (tertiary/aromatic N) is 1. The minimum Gasteiger partial charge on any atom is -0.465 e. The van der Waals surface area contributed by atoms with Gasteiger partial charge in [-0.1, -0.05) is 50.3 Å². The Morgan fingerprint density at radius 1 is 1.14 bits per heavy atom. The molecular formula is C22H22F2N2O3. The largest absolute Gasteiger partial charge is 0.465 e. The maximum atomic E-state index is 14.3. The van der Waals surface area contributed by atoms with E-state index in [0.29, 0.717) is 5.57 Å². The predicted molar refractivity (Wildman–Crippen MR) is 105 cm³/mol. The number of hydrogen-bond donors (Lipinski definition) is 2. The van der Waals surface area contributed by atoms with Crippen LogP contribution in [-0.4, -0.2) is 34.6 Å². The summed E-state index contributed by atoms with van der Waals surface area (Å²) in [7, 11) is 0. The maximum Gasteiger partial charge on any atom is 0.405 e. The van der Waals surface area contributed by atoms with E-state index in [1.807, 2.05) is 30.3 Å². The number of nitrogens with one attached hydrogen (secondary N) is 1. The second kappa shape index (κ2) is 8.43. The van der Waals surface area contributed by atoms with Gasteiger partial charge in [0.2, 0.25) is 5.91 Å². The van der Waals surface area contributed by atoms with Crippen molar-refractivity contribution in [1.29, 1.82) is 0 Å². The fraction of sp³-hybridized carbons (Fsp3) is 0.273. The molecule has 0 saturated carbocycles. The maximum absolute atomic E-state index is 14.3. The molecule has 7 heteroatoms. The SMILES string of the molecule is CC(C)[C@H](NC(=O)O)C(=O)N1CC(c2cc(F)ccc2F)=C[C@H]1c1ccccc1. The Kier molecular flexibility index (Phi) is 5.96.